The number of rotatable bonds is 8. The molecule has 0 aromatic heterocycles. The number of benzene rings is 3. The maximum Gasteiger partial charge on any atom is 0.337 e. The largest absolute Gasteiger partial charge is 0.495 e. The van der Waals surface area contributed by atoms with Crippen LogP contribution < -0.4 is 9.64 Å². The lowest BCUT2D eigenvalue weighted by Gasteiger charge is -2.43. The third kappa shape index (κ3) is 6.49. The molecule has 6 rings (SSSR count). The van der Waals surface area contributed by atoms with Crippen molar-refractivity contribution >= 4 is 40.8 Å². The summed E-state index contributed by atoms with van der Waals surface area (Å²) < 4.78 is 43.6. The number of ether oxygens (including phenoxy) is 2. The van der Waals surface area contributed by atoms with Crippen LogP contribution in [0.4, 0.5) is 14.5 Å². The molecule has 11 heteroatoms. The molecule has 3 aromatic rings. The first-order chi connectivity index (χ1) is 24.3. The molecular weight excluding hydrogens is 695 g/mol. The highest BCUT2D eigenvalue weighted by molar-refractivity contribution is 6.31. The van der Waals surface area contributed by atoms with E-state index in [1.54, 1.807) is 35.2 Å². The predicted molar refractivity (Wildman–Crippen MR) is 193 cm³/mol. The average Bonchev–Trinajstić information content (AvgIpc) is 3.53. The van der Waals surface area contributed by atoms with Crippen LogP contribution in [-0.4, -0.2) is 49.2 Å². The molecule has 3 fully saturated rings. The topological polar surface area (TPSA) is 82.9 Å². The van der Waals surface area contributed by atoms with Gasteiger partial charge in [-0.2, -0.15) is 5.26 Å². The second kappa shape index (κ2) is 14.4. The molecular formula is C40H43Cl2F2N3O4. The van der Waals surface area contributed by atoms with Crippen molar-refractivity contribution in [2.75, 3.05) is 19.1 Å². The van der Waals surface area contributed by atoms with E-state index < -0.39 is 52.6 Å². The molecule has 51 heavy (non-hydrogen) atoms. The number of carbonyl (C=O) groups is 2. The Hall–Kier alpha value is -3.71. The Bertz CT molecular complexity index is 1870. The zero-order valence-corrected chi connectivity index (χ0v) is 31.0. The van der Waals surface area contributed by atoms with Crippen LogP contribution in [0.25, 0.3) is 0 Å². The lowest BCUT2D eigenvalue weighted by molar-refractivity contribution is -0.119. The van der Waals surface area contributed by atoms with Gasteiger partial charge >= 0.3 is 5.97 Å². The zero-order valence-electron chi connectivity index (χ0n) is 29.5. The molecule has 5 atom stereocenters. The number of fused-ring (bicyclic) bond motifs is 1. The van der Waals surface area contributed by atoms with Crippen LogP contribution in [0.1, 0.15) is 93.1 Å². The minimum Gasteiger partial charge on any atom is -0.495 e. The fraction of sp³-hybridized carbons (Fsp3) is 0.475. The minimum absolute atomic E-state index is 0.0539. The predicted octanol–water partition coefficient (Wildman–Crippen LogP) is 9.44. The standard InChI is InChI=1S/C40H43Cl2F2N3O4/c1-39(2,3)21-32-40(22-45,27-16-15-25(41)20-29(27)43)34(26-12-9-13-28(42)35(26)44)36-37(48)46(33(47(32)36)18-23-10-7-6-8-11-23)30-17-14-24(38(49)51-5)19-31(30)50-4/h9,12-17,19-20,23,32-34,36H,6-8,10-11,18,21H2,1-5H3/t32-,33+,34-,36+,40-/m0/s1. The quantitative estimate of drug-likeness (QED) is 0.214. The Kier molecular flexibility index (Phi) is 10.4. The van der Waals surface area contributed by atoms with Crippen LogP contribution in [0.2, 0.25) is 10.0 Å². The van der Waals surface area contributed by atoms with Gasteiger partial charge in [-0.15, -0.1) is 0 Å². The van der Waals surface area contributed by atoms with E-state index in [9.17, 15) is 10.1 Å². The number of amides is 1. The number of hydrogen-bond donors (Lipinski definition) is 0. The summed E-state index contributed by atoms with van der Waals surface area (Å²) in [6.07, 6.45) is 5.54. The molecule has 2 heterocycles. The minimum atomic E-state index is -1.73. The van der Waals surface area contributed by atoms with Gasteiger partial charge in [-0.05, 0) is 66.1 Å². The van der Waals surface area contributed by atoms with Crippen molar-refractivity contribution < 1.29 is 27.8 Å². The van der Waals surface area contributed by atoms with Gasteiger partial charge in [0.1, 0.15) is 28.8 Å². The van der Waals surface area contributed by atoms with E-state index in [2.05, 4.69) is 11.0 Å². The van der Waals surface area contributed by atoms with Crippen molar-refractivity contribution in [1.29, 1.82) is 5.26 Å². The first kappa shape index (κ1) is 37.1. The Morgan fingerprint density at radius 1 is 1.04 bits per heavy atom. The van der Waals surface area contributed by atoms with Crippen molar-refractivity contribution in [2.45, 2.75) is 95.3 Å². The van der Waals surface area contributed by atoms with Gasteiger partial charge in [0.25, 0.3) is 0 Å². The van der Waals surface area contributed by atoms with Crippen LogP contribution in [0, 0.1) is 34.3 Å². The smallest absolute Gasteiger partial charge is 0.337 e. The number of nitrogens with zero attached hydrogens (tertiary/aromatic N) is 3. The SMILES string of the molecule is COC(=O)c1ccc(N2C(=O)[C@H]3[C@H](c4cccc(Cl)c4F)[C@@](C#N)(c4ccc(Cl)cc4F)[C@H](CC(C)(C)C)N3[C@@H]2CC2CCCCC2)c(OC)c1. The molecule has 3 aromatic carbocycles. The van der Waals surface area contributed by atoms with Crippen LogP contribution in [0.3, 0.4) is 0 Å². The Morgan fingerprint density at radius 3 is 2.39 bits per heavy atom. The van der Waals surface area contributed by atoms with Crippen molar-refractivity contribution in [3.8, 4) is 11.8 Å². The van der Waals surface area contributed by atoms with Crippen LogP contribution >= 0.6 is 23.2 Å². The van der Waals surface area contributed by atoms with E-state index in [1.807, 2.05) is 20.8 Å². The molecule has 1 saturated carbocycles. The molecule has 0 N–H and O–H groups in total. The summed E-state index contributed by atoms with van der Waals surface area (Å²) in [5.74, 6) is -3.02. The summed E-state index contributed by atoms with van der Waals surface area (Å²) in [5.41, 5.74) is -1.34. The number of halogens is 4. The second-order valence-electron chi connectivity index (χ2n) is 15.2. The fourth-order valence-corrected chi connectivity index (χ4v) is 9.23. The molecule has 1 aliphatic carbocycles. The van der Waals surface area contributed by atoms with E-state index in [4.69, 9.17) is 32.7 Å². The maximum atomic E-state index is 16.5. The molecule has 7 nitrogen and oxygen atoms in total. The summed E-state index contributed by atoms with van der Waals surface area (Å²) in [7, 11) is 2.76. The summed E-state index contributed by atoms with van der Waals surface area (Å²) in [6.45, 7) is 6.11. The molecule has 270 valence electrons. The molecule has 0 radical (unpaired) electrons. The van der Waals surface area contributed by atoms with Crippen molar-refractivity contribution in [3.63, 3.8) is 0 Å². The lowest BCUT2D eigenvalue weighted by atomic mass is 9.62. The summed E-state index contributed by atoms with van der Waals surface area (Å²) >= 11 is 12.7. The number of carbonyl (C=O) groups excluding carboxylic acids is 2. The molecule has 2 saturated heterocycles. The van der Waals surface area contributed by atoms with Crippen LogP contribution in [-0.2, 0) is 14.9 Å². The molecule has 0 spiro atoms. The van der Waals surface area contributed by atoms with Gasteiger partial charge in [0.05, 0.1) is 42.7 Å². The normalized spacial score (nSPS) is 25.5. The summed E-state index contributed by atoms with van der Waals surface area (Å²) in [4.78, 5) is 31.7. The van der Waals surface area contributed by atoms with Crippen LogP contribution in [0.15, 0.2) is 54.6 Å². The maximum absolute atomic E-state index is 16.5. The van der Waals surface area contributed by atoms with Gasteiger partial charge in [0.15, 0.2) is 0 Å². The highest BCUT2D eigenvalue weighted by atomic mass is 35.5. The molecule has 1 amide bonds. The Labute approximate surface area is 308 Å². The molecule has 2 aliphatic heterocycles. The highest BCUT2D eigenvalue weighted by Crippen LogP contribution is 2.60. The number of nitriles is 1. The first-order valence-electron chi connectivity index (χ1n) is 17.4. The van der Waals surface area contributed by atoms with E-state index in [-0.39, 0.29) is 44.3 Å². The van der Waals surface area contributed by atoms with Crippen molar-refractivity contribution in [1.82, 2.24) is 4.90 Å². The van der Waals surface area contributed by atoms with E-state index in [0.717, 1.165) is 32.1 Å². The molecule has 3 aliphatic rings. The Morgan fingerprint density at radius 2 is 1.76 bits per heavy atom. The van der Waals surface area contributed by atoms with Crippen LogP contribution in [0.5, 0.6) is 5.75 Å². The number of hydrogen-bond acceptors (Lipinski definition) is 6. The van der Waals surface area contributed by atoms with Gasteiger partial charge in [-0.3, -0.25) is 14.6 Å². The number of methoxy groups -OCH3 is 2. The van der Waals surface area contributed by atoms with E-state index in [0.29, 0.717) is 18.5 Å². The van der Waals surface area contributed by atoms with Gasteiger partial charge in [0.2, 0.25) is 5.91 Å². The molecule has 0 unspecified atom stereocenters. The second-order valence-corrected chi connectivity index (χ2v) is 16.0. The van der Waals surface area contributed by atoms with Gasteiger partial charge in [-0.1, -0.05) is 94.3 Å². The van der Waals surface area contributed by atoms with Gasteiger partial charge in [-0.25, -0.2) is 13.6 Å². The van der Waals surface area contributed by atoms with Gasteiger partial charge in [0, 0.05) is 22.5 Å². The third-order valence-electron chi connectivity index (χ3n) is 11.0. The summed E-state index contributed by atoms with van der Waals surface area (Å²) in [5, 5.41) is 11.5. The van der Waals surface area contributed by atoms with E-state index in [1.165, 1.54) is 38.5 Å². The van der Waals surface area contributed by atoms with Gasteiger partial charge < -0.3 is 9.47 Å². The monoisotopic (exact) mass is 737 g/mol. The fourth-order valence-electron chi connectivity index (χ4n) is 8.89. The summed E-state index contributed by atoms with van der Waals surface area (Å²) in [6, 6.07) is 14.2. The molecule has 0 bridgehead atoms. The third-order valence-corrected chi connectivity index (χ3v) is 11.5. The first-order valence-corrected chi connectivity index (χ1v) is 18.2. The highest BCUT2D eigenvalue weighted by Gasteiger charge is 2.70. The van der Waals surface area contributed by atoms with Crippen molar-refractivity contribution in [3.05, 3.63) is 93.0 Å². The Balaban J connectivity index is 1.66. The van der Waals surface area contributed by atoms with E-state index >= 15 is 13.6 Å². The number of anilines is 1. The van der Waals surface area contributed by atoms with Crippen molar-refractivity contribution in [2.24, 2.45) is 11.3 Å². The average molecular weight is 739 g/mol. The zero-order chi connectivity index (χ0) is 36.8. The lowest BCUT2D eigenvalue weighted by Crippen LogP contribution is -2.52. The number of esters is 1.